The molecule has 0 aromatic heterocycles. The van der Waals surface area contributed by atoms with E-state index >= 15 is 0 Å². The molecule has 5 rings (SSSR count). The number of rotatable bonds is 5. The predicted octanol–water partition coefficient (Wildman–Crippen LogP) is 4.83. The molecule has 1 amide bonds. The molecular weight excluding hydrogens is 434 g/mol. The largest absolute Gasteiger partial charge is 0.508 e. The second-order valence-electron chi connectivity index (χ2n) is 9.05. The van der Waals surface area contributed by atoms with E-state index in [0.29, 0.717) is 34.7 Å². The maximum absolute atomic E-state index is 13.3. The molecule has 7 heteroatoms. The molecule has 0 unspecified atom stereocenters. The molecule has 3 N–H and O–H groups in total. The van der Waals surface area contributed by atoms with Crippen LogP contribution >= 0.6 is 0 Å². The summed E-state index contributed by atoms with van der Waals surface area (Å²) in [6, 6.07) is 14.0. The highest BCUT2D eigenvalue weighted by molar-refractivity contribution is 6.04. The van der Waals surface area contributed by atoms with Gasteiger partial charge in [-0.15, -0.1) is 0 Å². The number of ether oxygens (including phenoxy) is 2. The van der Waals surface area contributed by atoms with Crippen LogP contribution in [0.15, 0.2) is 54.6 Å². The first kappa shape index (κ1) is 21.8. The average Bonchev–Trinajstić information content (AvgIpc) is 3.09. The molecule has 2 aliphatic heterocycles. The summed E-state index contributed by atoms with van der Waals surface area (Å²) in [6.45, 7) is 4.78. The number of hydrogen-bond donors (Lipinski definition) is 3. The van der Waals surface area contributed by atoms with Crippen LogP contribution in [0.1, 0.15) is 64.1 Å². The predicted molar refractivity (Wildman–Crippen MR) is 124 cm³/mol. The van der Waals surface area contributed by atoms with Crippen LogP contribution in [0.25, 0.3) is 0 Å². The van der Waals surface area contributed by atoms with Crippen LogP contribution in [0.4, 0.5) is 0 Å². The number of aromatic hydroxyl groups is 2. The SMILES string of the molecule is CC(C)CCCNC(=O)c1cccc2c1C1(OC2=O)c2ccc(O)cc2Oc2cc(O)ccc21. The fourth-order valence-electron chi connectivity index (χ4n) is 4.76. The zero-order valence-electron chi connectivity index (χ0n) is 18.9. The van der Waals surface area contributed by atoms with Gasteiger partial charge in [0.2, 0.25) is 0 Å². The first-order valence-corrected chi connectivity index (χ1v) is 11.3. The second-order valence-corrected chi connectivity index (χ2v) is 9.05. The molecule has 3 aromatic rings. The van der Waals surface area contributed by atoms with E-state index in [4.69, 9.17) is 9.47 Å². The van der Waals surface area contributed by atoms with Crippen LogP contribution in [0, 0.1) is 5.92 Å². The van der Waals surface area contributed by atoms with Crippen molar-refractivity contribution in [2.24, 2.45) is 5.92 Å². The van der Waals surface area contributed by atoms with E-state index in [2.05, 4.69) is 19.2 Å². The lowest BCUT2D eigenvalue weighted by Gasteiger charge is -2.37. The van der Waals surface area contributed by atoms with Gasteiger partial charge in [-0.2, -0.15) is 0 Å². The number of carbonyl (C=O) groups is 2. The van der Waals surface area contributed by atoms with Crippen LogP contribution in [-0.4, -0.2) is 28.6 Å². The fourth-order valence-corrected chi connectivity index (χ4v) is 4.76. The lowest BCUT2D eigenvalue weighted by molar-refractivity contribution is 0.0221. The van der Waals surface area contributed by atoms with Crippen molar-refractivity contribution in [1.82, 2.24) is 5.32 Å². The third kappa shape index (κ3) is 3.36. The molecule has 0 bridgehead atoms. The lowest BCUT2D eigenvalue weighted by atomic mass is 9.75. The van der Waals surface area contributed by atoms with Crippen molar-refractivity contribution in [2.75, 3.05) is 6.54 Å². The molecule has 2 heterocycles. The molecule has 0 saturated heterocycles. The number of fused-ring (bicyclic) bond motifs is 6. The van der Waals surface area contributed by atoms with E-state index in [1.807, 2.05) is 0 Å². The van der Waals surface area contributed by atoms with E-state index in [9.17, 15) is 19.8 Å². The minimum atomic E-state index is -1.47. The van der Waals surface area contributed by atoms with E-state index in [-0.39, 0.29) is 34.5 Å². The Morgan fingerprint density at radius 1 is 1.00 bits per heavy atom. The third-order valence-corrected chi connectivity index (χ3v) is 6.28. The molecule has 3 aromatic carbocycles. The standard InChI is InChI=1S/C27H25NO6/c1-15(2)5-4-12-28-25(31)18-6-3-7-19-24(18)27(34-26(19)32)20-10-8-16(29)13-22(20)33-23-14-17(30)9-11-21(23)27/h3,6-11,13-15,29-30H,4-5,12H2,1-2H3,(H,28,31). The van der Waals surface area contributed by atoms with Gasteiger partial charge < -0.3 is 25.0 Å². The summed E-state index contributed by atoms with van der Waals surface area (Å²) in [4.78, 5) is 26.4. The Labute approximate surface area is 197 Å². The van der Waals surface area contributed by atoms with E-state index in [0.717, 1.165) is 12.8 Å². The summed E-state index contributed by atoms with van der Waals surface area (Å²) in [6.07, 6.45) is 1.83. The monoisotopic (exact) mass is 459 g/mol. The van der Waals surface area contributed by atoms with Crippen molar-refractivity contribution < 1.29 is 29.3 Å². The van der Waals surface area contributed by atoms with Gasteiger partial charge in [-0.3, -0.25) is 4.79 Å². The summed E-state index contributed by atoms with van der Waals surface area (Å²) in [7, 11) is 0. The summed E-state index contributed by atoms with van der Waals surface area (Å²) in [5.41, 5.74) is 0.528. The van der Waals surface area contributed by atoms with Crippen LogP contribution in [-0.2, 0) is 10.3 Å². The lowest BCUT2D eigenvalue weighted by Crippen LogP contribution is -2.36. The van der Waals surface area contributed by atoms with Crippen molar-refractivity contribution >= 4 is 11.9 Å². The fraction of sp³-hybridized carbons (Fsp3) is 0.259. The second kappa shape index (κ2) is 8.09. The molecule has 0 saturated carbocycles. The topological polar surface area (TPSA) is 105 Å². The van der Waals surface area contributed by atoms with Gasteiger partial charge in [0.25, 0.3) is 5.91 Å². The normalized spacial score (nSPS) is 14.7. The Morgan fingerprint density at radius 2 is 1.65 bits per heavy atom. The van der Waals surface area contributed by atoms with Crippen molar-refractivity contribution in [3.8, 4) is 23.0 Å². The molecule has 0 aliphatic carbocycles. The van der Waals surface area contributed by atoms with Crippen molar-refractivity contribution in [3.05, 3.63) is 82.4 Å². The Bertz CT molecular complexity index is 1260. The molecule has 2 aliphatic rings. The Kier molecular flexibility index (Phi) is 5.20. The molecule has 174 valence electrons. The third-order valence-electron chi connectivity index (χ3n) is 6.28. The first-order valence-electron chi connectivity index (χ1n) is 11.3. The van der Waals surface area contributed by atoms with Crippen LogP contribution in [0.3, 0.4) is 0 Å². The van der Waals surface area contributed by atoms with Crippen molar-refractivity contribution in [3.63, 3.8) is 0 Å². The molecule has 0 radical (unpaired) electrons. The highest BCUT2D eigenvalue weighted by Gasteiger charge is 2.55. The van der Waals surface area contributed by atoms with Gasteiger partial charge in [-0.25, -0.2) is 4.79 Å². The summed E-state index contributed by atoms with van der Waals surface area (Å²) >= 11 is 0. The summed E-state index contributed by atoms with van der Waals surface area (Å²) in [5, 5.41) is 23.1. The van der Waals surface area contributed by atoms with Gasteiger partial charge in [0.1, 0.15) is 23.0 Å². The minimum Gasteiger partial charge on any atom is -0.508 e. The first-order chi connectivity index (χ1) is 16.3. The van der Waals surface area contributed by atoms with Gasteiger partial charge in [0.15, 0.2) is 5.60 Å². The number of esters is 1. The molecular formula is C27H25NO6. The summed E-state index contributed by atoms with van der Waals surface area (Å²) in [5.74, 6) is 0.151. The zero-order chi connectivity index (χ0) is 24.0. The Balaban J connectivity index is 1.69. The number of amides is 1. The maximum atomic E-state index is 13.3. The zero-order valence-corrected chi connectivity index (χ0v) is 18.9. The molecule has 7 nitrogen and oxygen atoms in total. The van der Waals surface area contributed by atoms with Crippen molar-refractivity contribution in [1.29, 1.82) is 0 Å². The number of phenols is 2. The molecule has 0 atom stereocenters. The highest BCUT2D eigenvalue weighted by Crippen LogP contribution is 2.57. The molecule has 34 heavy (non-hydrogen) atoms. The number of benzene rings is 3. The quantitative estimate of drug-likeness (QED) is 0.373. The molecule has 0 fully saturated rings. The Morgan fingerprint density at radius 3 is 2.26 bits per heavy atom. The molecule has 1 spiro atoms. The average molecular weight is 459 g/mol. The number of carbonyl (C=O) groups excluding carboxylic acids is 2. The Hall–Kier alpha value is -4.00. The number of hydrogen-bond acceptors (Lipinski definition) is 6. The summed E-state index contributed by atoms with van der Waals surface area (Å²) < 4.78 is 12.0. The van der Waals surface area contributed by atoms with Gasteiger partial charge in [0.05, 0.1) is 5.56 Å². The number of phenolic OH excluding ortho intramolecular Hbond substituents is 2. The highest BCUT2D eigenvalue weighted by atomic mass is 16.6. The number of nitrogens with one attached hydrogen (secondary N) is 1. The van der Waals surface area contributed by atoms with Gasteiger partial charge >= 0.3 is 5.97 Å². The van der Waals surface area contributed by atoms with Gasteiger partial charge in [-0.1, -0.05) is 19.9 Å². The smallest absolute Gasteiger partial charge is 0.340 e. The van der Waals surface area contributed by atoms with Crippen molar-refractivity contribution in [2.45, 2.75) is 32.3 Å². The van der Waals surface area contributed by atoms with E-state index < -0.39 is 11.6 Å². The van der Waals surface area contributed by atoms with Crippen LogP contribution < -0.4 is 10.1 Å². The maximum Gasteiger partial charge on any atom is 0.340 e. The van der Waals surface area contributed by atoms with E-state index in [1.165, 1.54) is 24.3 Å². The van der Waals surface area contributed by atoms with Crippen LogP contribution in [0.5, 0.6) is 23.0 Å². The van der Waals surface area contributed by atoms with E-state index in [1.54, 1.807) is 30.3 Å². The van der Waals surface area contributed by atoms with Gasteiger partial charge in [-0.05, 0) is 55.2 Å². The minimum absolute atomic E-state index is 0.0294. The van der Waals surface area contributed by atoms with Crippen LogP contribution in [0.2, 0.25) is 0 Å². The van der Waals surface area contributed by atoms with Gasteiger partial charge in [0, 0.05) is 40.9 Å².